The summed E-state index contributed by atoms with van der Waals surface area (Å²) in [6.45, 7) is 8.71. The Balaban J connectivity index is 0. The van der Waals surface area contributed by atoms with Crippen LogP contribution in [0.2, 0.25) is 0 Å². The molecule has 0 saturated heterocycles. The monoisotopic (exact) mass is 468 g/mol. The number of alkyl carbamates (subject to hydrolysis) is 2. The van der Waals surface area contributed by atoms with Crippen molar-refractivity contribution in [2.45, 2.75) is 25.9 Å². The summed E-state index contributed by atoms with van der Waals surface area (Å²) < 4.78 is 25.1. The van der Waals surface area contributed by atoms with Gasteiger partial charge >= 0.3 is 18.2 Å². The van der Waals surface area contributed by atoms with Crippen molar-refractivity contribution in [3.8, 4) is 0 Å². The summed E-state index contributed by atoms with van der Waals surface area (Å²) in [4.78, 5) is 34.4. The Kier molecular flexibility index (Phi) is 15.3. The van der Waals surface area contributed by atoms with Gasteiger partial charge in [0, 0.05) is 28.6 Å². The van der Waals surface area contributed by atoms with E-state index in [2.05, 4.69) is 23.8 Å². The summed E-state index contributed by atoms with van der Waals surface area (Å²) in [5.74, 6) is -0.580. The number of ether oxygens (including phenoxy) is 5. The Labute approximate surface area is 196 Å². The summed E-state index contributed by atoms with van der Waals surface area (Å²) in [5.41, 5.74) is 1.68. The maximum absolute atomic E-state index is 11.8. The SMILES string of the molecule is C=CCOCOCCCCOC(=O)NCc1cccc(CNC(=O)OCCOC(=O)C=C)c1.[HH].[HH]. The Morgan fingerprint density at radius 1 is 0.848 bits per heavy atom. The van der Waals surface area contributed by atoms with Gasteiger partial charge in [0.2, 0.25) is 0 Å². The second-order valence-electron chi connectivity index (χ2n) is 6.56. The van der Waals surface area contributed by atoms with Crippen LogP contribution in [0.5, 0.6) is 0 Å². The second kappa shape index (κ2) is 18.2. The van der Waals surface area contributed by atoms with Gasteiger partial charge in [0.1, 0.15) is 20.0 Å². The van der Waals surface area contributed by atoms with Gasteiger partial charge in [0.05, 0.1) is 13.2 Å². The molecule has 2 N–H and O–H groups in total. The fraction of sp³-hybridized carbons (Fsp3) is 0.435. The first kappa shape index (κ1) is 27.7. The van der Waals surface area contributed by atoms with Gasteiger partial charge in [-0.15, -0.1) is 6.58 Å². The van der Waals surface area contributed by atoms with Gasteiger partial charge in [-0.2, -0.15) is 0 Å². The highest BCUT2D eigenvalue weighted by molar-refractivity contribution is 5.81. The van der Waals surface area contributed by atoms with Crippen LogP contribution in [0.3, 0.4) is 0 Å². The number of rotatable bonds is 17. The summed E-state index contributed by atoms with van der Waals surface area (Å²) in [6, 6.07) is 7.34. The van der Waals surface area contributed by atoms with Crippen molar-refractivity contribution >= 4 is 18.2 Å². The molecule has 0 unspecified atom stereocenters. The van der Waals surface area contributed by atoms with Crippen LogP contribution in [-0.4, -0.2) is 58.0 Å². The minimum absolute atomic E-state index is 0. The minimum atomic E-state index is -0.633. The van der Waals surface area contributed by atoms with Crippen molar-refractivity contribution in [1.29, 1.82) is 0 Å². The molecule has 0 radical (unpaired) electrons. The molecule has 186 valence electrons. The van der Waals surface area contributed by atoms with Crippen LogP contribution in [0.4, 0.5) is 9.59 Å². The first-order valence-electron chi connectivity index (χ1n) is 10.5. The molecule has 1 aromatic rings. The van der Waals surface area contributed by atoms with Crippen LogP contribution < -0.4 is 10.6 Å². The fourth-order valence-electron chi connectivity index (χ4n) is 2.36. The molecule has 0 heterocycles. The molecule has 1 aromatic carbocycles. The highest BCUT2D eigenvalue weighted by Crippen LogP contribution is 2.05. The zero-order valence-corrected chi connectivity index (χ0v) is 18.7. The number of nitrogens with one attached hydrogen (secondary N) is 2. The molecule has 0 bridgehead atoms. The Morgan fingerprint density at radius 3 is 2.09 bits per heavy atom. The van der Waals surface area contributed by atoms with Gasteiger partial charge in [-0.25, -0.2) is 14.4 Å². The van der Waals surface area contributed by atoms with E-state index in [4.69, 9.17) is 23.7 Å². The zero-order chi connectivity index (χ0) is 24.2. The van der Waals surface area contributed by atoms with Crippen molar-refractivity contribution in [3.63, 3.8) is 0 Å². The Hall–Kier alpha value is -3.37. The lowest BCUT2D eigenvalue weighted by Gasteiger charge is -2.10. The number of unbranched alkanes of at least 4 members (excludes halogenated alkanes) is 1. The summed E-state index contributed by atoms with van der Waals surface area (Å²) >= 11 is 0. The molecule has 0 fully saturated rings. The third-order valence-electron chi connectivity index (χ3n) is 3.91. The maximum atomic E-state index is 11.8. The quantitative estimate of drug-likeness (QED) is 0.0892. The van der Waals surface area contributed by atoms with E-state index in [1.54, 1.807) is 6.08 Å². The smallest absolute Gasteiger partial charge is 0.407 e. The van der Waals surface area contributed by atoms with Crippen LogP contribution in [-0.2, 0) is 41.6 Å². The fourth-order valence-corrected chi connectivity index (χ4v) is 2.36. The van der Waals surface area contributed by atoms with Gasteiger partial charge in [-0.3, -0.25) is 0 Å². The van der Waals surface area contributed by atoms with E-state index in [-0.39, 0.29) is 35.9 Å². The van der Waals surface area contributed by atoms with E-state index < -0.39 is 18.2 Å². The number of carbonyl (C=O) groups excluding carboxylic acids is 3. The summed E-state index contributed by atoms with van der Waals surface area (Å²) in [7, 11) is 0. The molecule has 0 spiro atoms. The molecule has 0 saturated carbocycles. The van der Waals surface area contributed by atoms with Crippen molar-refractivity contribution in [2.24, 2.45) is 0 Å². The van der Waals surface area contributed by atoms with E-state index in [9.17, 15) is 14.4 Å². The molecule has 0 aliphatic heterocycles. The molecular formula is C23H36N2O8. The minimum Gasteiger partial charge on any atom is -0.459 e. The number of esters is 1. The van der Waals surface area contributed by atoms with E-state index in [0.717, 1.165) is 23.6 Å². The van der Waals surface area contributed by atoms with Crippen LogP contribution in [0.25, 0.3) is 0 Å². The predicted octanol–water partition coefficient (Wildman–Crippen LogP) is 3.32. The van der Waals surface area contributed by atoms with Gasteiger partial charge in [-0.1, -0.05) is 36.9 Å². The average Bonchev–Trinajstić information content (AvgIpc) is 2.83. The maximum Gasteiger partial charge on any atom is 0.407 e. The molecule has 0 aromatic heterocycles. The standard InChI is InChI=1S/C23H32N2O8.2H2/c1-3-10-29-18-30-11-5-6-12-32-22(27)24-16-19-8-7-9-20(15-19)17-25-23(28)33-14-13-31-21(26)4-2;;/h3-4,7-9,15H,1-2,5-6,10-14,16-18H2,(H,24,27)(H,25,28);2*1H. The number of hydrogen-bond donors (Lipinski definition) is 2. The predicted molar refractivity (Wildman–Crippen MR) is 124 cm³/mol. The van der Waals surface area contributed by atoms with Gasteiger partial charge in [0.25, 0.3) is 0 Å². The van der Waals surface area contributed by atoms with Crippen LogP contribution in [0.1, 0.15) is 26.8 Å². The Morgan fingerprint density at radius 2 is 1.45 bits per heavy atom. The molecule has 0 atom stereocenters. The van der Waals surface area contributed by atoms with E-state index in [1.165, 1.54) is 0 Å². The number of carbonyl (C=O) groups is 3. The number of hydrogen-bond acceptors (Lipinski definition) is 8. The number of benzene rings is 1. The van der Waals surface area contributed by atoms with E-state index in [0.29, 0.717) is 26.2 Å². The summed E-state index contributed by atoms with van der Waals surface area (Å²) in [6.07, 6.45) is 2.98. The normalized spacial score (nSPS) is 10.1. The van der Waals surface area contributed by atoms with Crippen molar-refractivity contribution < 1.29 is 40.9 Å². The van der Waals surface area contributed by atoms with Gasteiger partial charge in [-0.05, 0) is 24.0 Å². The van der Waals surface area contributed by atoms with Gasteiger partial charge < -0.3 is 34.3 Å². The van der Waals surface area contributed by atoms with Crippen molar-refractivity contribution in [2.75, 3.05) is 39.8 Å². The van der Waals surface area contributed by atoms with E-state index in [1.807, 2.05) is 24.3 Å². The first-order chi connectivity index (χ1) is 16.0. The molecule has 1 rings (SSSR count). The number of amides is 2. The average molecular weight is 469 g/mol. The summed E-state index contributed by atoms with van der Waals surface area (Å²) in [5, 5.41) is 5.28. The Bertz CT molecular complexity index is 765. The lowest BCUT2D eigenvalue weighted by molar-refractivity contribution is -0.138. The second-order valence-corrected chi connectivity index (χ2v) is 6.56. The molecule has 0 aliphatic rings. The highest BCUT2D eigenvalue weighted by Gasteiger charge is 2.05. The van der Waals surface area contributed by atoms with Gasteiger partial charge in [0.15, 0.2) is 0 Å². The molecule has 2 amide bonds. The lowest BCUT2D eigenvalue weighted by atomic mass is 10.1. The van der Waals surface area contributed by atoms with E-state index >= 15 is 0 Å². The van der Waals surface area contributed by atoms with Crippen LogP contribution in [0.15, 0.2) is 49.6 Å². The molecular weight excluding hydrogens is 432 g/mol. The molecule has 10 nitrogen and oxygen atoms in total. The third-order valence-corrected chi connectivity index (χ3v) is 3.91. The topological polar surface area (TPSA) is 121 Å². The van der Waals surface area contributed by atoms with Crippen molar-refractivity contribution in [1.82, 2.24) is 10.6 Å². The molecule has 0 aliphatic carbocycles. The third kappa shape index (κ3) is 15.1. The molecule has 33 heavy (non-hydrogen) atoms. The first-order valence-corrected chi connectivity index (χ1v) is 10.5. The van der Waals surface area contributed by atoms with Crippen molar-refractivity contribution in [3.05, 3.63) is 60.7 Å². The van der Waals surface area contributed by atoms with Crippen LogP contribution >= 0.6 is 0 Å². The largest absolute Gasteiger partial charge is 0.459 e. The lowest BCUT2D eigenvalue weighted by Crippen LogP contribution is -2.26. The highest BCUT2D eigenvalue weighted by atomic mass is 16.7. The van der Waals surface area contributed by atoms with Crippen LogP contribution in [0, 0.1) is 0 Å². The molecule has 10 heteroatoms. The zero-order valence-electron chi connectivity index (χ0n) is 18.7.